The van der Waals surface area contributed by atoms with E-state index in [4.69, 9.17) is 10.5 Å². The Balaban J connectivity index is 1.76. The first-order valence-electron chi connectivity index (χ1n) is 6.95. The van der Waals surface area contributed by atoms with E-state index in [1.165, 1.54) is 12.8 Å². The molecule has 0 bridgehead atoms. The lowest BCUT2D eigenvalue weighted by molar-refractivity contribution is -0.132. The predicted octanol–water partition coefficient (Wildman–Crippen LogP) is 1.32. The minimum Gasteiger partial charge on any atom is -0.370 e. The van der Waals surface area contributed by atoms with Gasteiger partial charge in [0.05, 0.1) is 13.2 Å². The second kappa shape index (κ2) is 5.31. The summed E-state index contributed by atoms with van der Waals surface area (Å²) in [7, 11) is 0. The van der Waals surface area contributed by atoms with Gasteiger partial charge in [0, 0.05) is 6.54 Å². The summed E-state index contributed by atoms with van der Waals surface area (Å²) in [5.41, 5.74) is 7.00. The fourth-order valence-corrected chi connectivity index (χ4v) is 2.51. The first-order chi connectivity index (χ1) is 9.24. The molecule has 1 aromatic carbocycles. The fraction of sp³-hybridized carbons (Fsp3) is 0.533. The number of hydrogen-bond acceptors (Lipinski definition) is 3. The Morgan fingerprint density at radius 2 is 2.00 bits per heavy atom. The summed E-state index contributed by atoms with van der Waals surface area (Å²) in [6.45, 7) is 1.76. The third-order valence-electron chi connectivity index (χ3n) is 3.84. The predicted molar refractivity (Wildman–Crippen MR) is 72.4 cm³/mol. The monoisotopic (exact) mass is 260 g/mol. The van der Waals surface area contributed by atoms with Crippen molar-refractivity contribution in [1.82, 2.24) is 4.90 Å². The lowest BCUT2D eigenvalue weighted by atomic mass is 10.1. The number of ether oxygens (including phenoxy) is 1. The maximum atomic E-state index is 12.2. The van der Waals surface area contributed by atoms with Crippen molar-refractivity contribution in [2.75, 3.05) is 19.7 Å². The topological polar surface area (TPSA) is 55.6 Å². The van der Waals surface area contributed by atoms with Gasteiger partial charge in [-0.1, -0.05) is 30.3 Å². The van der Waals surface area contributed by atoms with E-state index >= 15 is 0 Å². The molecule has 2 N–H and O–H groups in total. The largest absolute Gasteiger partial charge is 0.370 e. The van der Waals surface area contributed by atoms with Crippen LogP contribution in [0.4, 0.5) is 0 Å². The van der Waals surface area contributed by atoms with Gasteiger partial charge in [-0.3, -0.25) is 4.79 Å². The summed E-state index contributed by atoms with van der Waals surface area (Å²) in [6, 6.07) is 9.54. The number of nitrogens with two attached hydrogens (primary N) is 1. The summed E-state index contributed by atoms with van der Waals surface area (Å²) in [5, 5.41) is 0. The SMILES string of the molecule is NC1COC(c2ccccc2)CN(CC2CC2)C1=O. The molecule has 0 radical (unpaired) electrons. The normalized spacial score (nSPS) is 28.3. The van der Waals surface area contributed by atoms with Crippen molar-refractivity contribution in [1.29, 1.82) is 0 Å². The maximum absolute atomic E-state index is 12.2. The molecule has 1 amide bonds. The van der Waals surface area contributed by atoms with Gasteiger partial charge in [0.15, 0.2) is 0 Å². The highest BCUT2D eigenvalue weighted by atomic mass is 16.5. The number of carbonyl (C=O) groups is 1. The third kappa shape index (κ3) is 2.96. The number of hydrogen-bond donors (Lipinski definition) is 1. The van der Waals surface area contributed by atoms with Gasteiger partial charge in [0.25, 0.3) is 0 Å². The molecule has 2 atom stereocenters. The first-order valence-corrected chi connectivity index (χ1v) is 6.95. The lowest BCUT2D eigenvalue weighted by Gasteiger charge is -2.24. The Hall–Kier alpha value is -1.39. The van der Waals surface area contributed by atoms with E-state index in [1.807, 2.05) is 35.2 Å². The molecule has 1 aromatic rings. The molecule has 4 nitrogen and oxygen atoms in total. The highest BCUT2D eigenvalue weighted by Gasteiger charge is 2.33. The number of benzene rings is 1. The zero-order valence-electron chi connectivity index (χ0n) is 11.0. The van der Waals surface area contributed by atoms with Gasteiger partial charge < -0.3 is 15.4 Å². The Bertz CT molecular complexity index is 445. The van der Waals surface area contributed by atoms with Crippen LogP contribution in [0, 0.1) is 5.92 Å². The number of carbonyl (C=O) groups excluding carboxylic acids is 1. The van der Waals surface area contributed by atoms with Crippen LogP contribution in [-0.4, -0.2) is 36.5 Å². The quantitative estimate of drug-likeness (QED) is 0.892. The van der Waals surface area contributed by atoms with E-state index < -0.39 is 6.04 Å². The molecular weight excluding hydrogens is 240 g/mol. The highest BCUT2D eigenvalue weighted by molar-refractivity contribution is 5.82. The molecule has 1 aliphatic heterocycles. The average molecular weight is 260 g/mol. The van der Waals surface area contributed by atoms with Crippen molar-refractivity contribution < 1.29 is 9.53 Å². The summed E-state index contributed by atoms with van der Waals surface area (Å²) in [6.07, 6.45) is 2.41. The second-order valence-corrected chi connectivity index (χ2v) is 5.53. The van der Waals surface area contributed by atoms with E-state index in [2.05, 4.69) is 0 Å². The third-order valence-corrected chi connectivity index (χ3v) is 3.84. The molecule has 2 unspecified atom stereocenters. The summed E-state index contributed by atoms with van der Waals surface area (Å²) in [5.74, 6) is 0.705. The maximum Gasteiger partial charge on any atom is 0.241 e. The van der Waals surface area contributed by atoms with E-state index in [1.54, 1.807) is 0 Å². The molecule has 19 heavy (non-hydrogen) atoms. The van der Waals surface area contributed by atoms with Gasteiger partial charge in [0.2, 0.25) is 5.91 Å². The standard InChI is InChI=1S/C15H20N2O2/c16-13-10-19-14(12-4-2-1-3-5-12)9-17(15(13)18)8-11-6-7-11/h1-5,11,13-14H,6-10,16H2. The molecule has 1 saturated heterocycles. The van der Waals surface area contributed by atoms with Gasteiger partial charge in [-0.15, -0.1) is 0 Å². The molecule has 0 spiro atoms. The number of rotatable bonds is 3. The van der Waals surface area contributed by atoms with Crippen LogP contribution in [0.1, 0.15) is 24.5 Å². The van der Waals surface area contributed by atoms with Gasteiger partial charge >= 0.3 is 0 Å². The van der Waals surface area contributed by atoms with Crippen LogP contribution in [-0.2, 0) is 9.53 Å². The Kier molecular flexibility index (Phi) is 3.53. The molecule has 1 aliphatic carbocycles. The van der Waals surface area contributed by atoms with Crippen molar-refractivity contribution in [2.45, 2.75) is 25.0 Å². The summed E-state index contributed by atoms with van der Waals surface area (Å²) in [4.78, 5) is 14.1. The molecule has 1 saturated carbocycles. The van der Waals surface area contributed by atoms with Gasteiger partial charge in [-0.05, 0) is 24.3 Å². The molecule has 2 aliphatic rings. The molecular formula is C15H20N2O2. The van der Waals surface area contributed by atoms with Crippen LogP contribution in [0.5, 0.6) is 0 Å². The van der Waals surface area contributed by atoms with Crippen molar-refractivity contribution >= 4 is 5.91 Å². The van der Waals surface area contributed by atoms with Crippen LogP contribution in [0.3, 0.4) is 0 Å². The fourth-order valence-electron chi connectivity index (χ4n) is 2.51. The highest BCUT2D eigenvalue weighted by Crippen LogP contribution is 2.31. The zero-order valence-corrected chi connectivity index (χ0v) is 11.0. The number of amides is 1. The van der Waals surface area contributed by atoms with Gasteiger partial charge in [0.1, 0.15) is 12.1 Å². The Labute approximate surface area is 113 Å². The lowest BCUT2D eigenvalue weighted by Crippen LogP contribution is -2.45. The zero-order chi connectivity index (χ0) is 13.2. The van der Waals surface area contributed by atoms with E-state index in [0.29, 0.717) is 19.1 Å². The van der Waals surface area contributed by atoms with E-state index in [9.17, 15) is 4.79 Å². The second-order valence-electron chi connectivity index (χ2n) is 5.53. The van der Waals surface area contributed by atoms with E-state index in [-0.39, 0.29) is 12.0 Å². The van der Waals surface area contributed by atoms with Crippen LogP contribution >= 0.6 is 0 Å². The molecule has 0 aromatic heterocycles. The average Bonchev–Trinajstić information content (AvgIpc) is 3.26. The van der Waals surface area contributed by atoms with Crippen LogP contribution in [0.2, 0.25) is 0 Å². The number of nitrogens with zero attached hydrogens (tertiary/aromatic N) is 1. The van der Waals surface area contributed by atoms with Crippen LogP contribution < -0.4 is 5.73 Å². The van der Waals surface area contributed by atoms with Crippen molar-refractivity contribution in [3.8, 4) is 0 Å². The van der Waals surface area contributed by atoms with Crippen molar-refractivity contribution in [2.24, 2.45) is 11.7 Å². The van der Waals surface area contributed by atoms with Gasteiger partial charge in [-0.25, -0.2) is 0 Å². The molecule has 1 heterocycles. The van der Waals surface area contributed by atoms with Crippen LogP contribution in [0.15, 0.2) is 30.3 Å². The molecule has 3 rings (SSSR count). The van der Waals surface area contributed by atoms with Gasteiger partial charge in [-0.2, -0.15) is 0 Å². The minimum atomic E-state index is -0.521. The van der Waals surface area contributed by atoms with E-state index in [0.717, 1.165) is 12.1 Å². The first kappa shape index (κ1) is 12.6. The van der Waals surface area contributed by atoms with Crippen molar-refractivity contribution in [3.63, 3.8) is 0 Å². The minimum absolute atomic E-state index is 0.0327. The Morgan fingerprint density at radius 3 is 2.68 bits per heavy atom. The Morgan fingerprint density at radius 1 is 1.26 bits per heavy atom. The summed E-state index contributed by atoms with van der Waals surface area (Å²) < 4.78 is 5.82. The molecule has 4 heteroatoms. The smallest absolute Gasteiger partial charge is 0.241 e. The summed E-state index contributed by atoms with van der Waals surface area (Å²) >= 11 is 0. The molecule has 2 fully saturated rings. The molecule has 102 valence electrons. The van der Waals surface area contributed by atoms with Crippen LogP contribution in [0.25, 0.3) is 0 Å². The van der Waals surface area contributed by atoms with Crippen molar-refractivity contribution in [3.05, 3.63) is 35.9 Å².